The molecule has 0 aliphatic heterocycles. The fourth-order valence-corrected chi connectivity index (χ4v) is 4.84. The van der Waals surface area contributed by atoms with Crippen molar-refractivity contribution in [2.75, 3.05) is 0 Å². The number of hydrogen-bond donors (Lipinski definition) is 0. The van der Waals surface area contributed by atoms with Crippen LogP contribution in [0.25, 0.3) is 33.4 Å². The lowest BCUT2D eigenvalue weighted by atomic mass is 9.80. The first-order valence-corrected chi connectivity index (χ1v) is 12.6. The minimum Gasteiger partial charge on any atom is -0.288 e. The van der Waals surface area contributed by atoms with Crippen LogP contribution >= 0.6 is 0 Å². The van der Waals surface area contributed by atoms with Crippen LogP contribution in [0, 0.1) is 98.9 Å². The van der Waals surface area contributed by atoms with E-state index in [0.29, 0.717) is 12.1 Å². The van der Waals surface area contributed by atoms with Gasteiger partial charge >= 0.3 is 0 Å². The highest BCUT2D eigenvalue weighted by Crippen LogP contribution is 2.51. The molecule has 5 aromatic carbocycles. The molecule has 0 spiro atoms. The molecule has 5 rings (SSSR count). The minimum absolute atomic E-state index is 0.706. The monoisotopic (exact) mass is 716 g/mol. The molecule has 18 heteroatoms. The Morgan fingerprint density at radius 2 is 0.551 bits per heavy atom. The van der Waals surface area contributed by atoms with Crippen LogP contribution in [0.5, 0.6) is 0 Å². The fourth-order valence-electron chi connectivity index (χ4n) is 4.84. The Morgan fingerprint density at radius 3 is 0.898 bits per heavy atom. The Labute approximate surface area is 259 Å². The van der Waals surface area contributed by atoms with Gasteiger partial charge in [-0.3, -0.25) is 4.79 Å². The second-order valence-electron chi connectivity index (χ2n) is 9.66. The third-order valence-electron chi connectivity index (χ3n) is 7.02. The molecular weight excluding hydrogens is 711 g/mol. The Hall–Kier alpha value is -5.42. The summed E-state index contributed by atoms with van der Waals surface area (Å²) in [5, 5.41) is 0. The van der Waals surface area contributed by atoms with Crippen molar-refractivity contribution in [1.82, 2.24) is 0 Å². The van der Waals surface area contributed by atoms with Crippen molar-refractivity contribution < 1.29 is 79.4 Å². The molecule has 0 heterocycles. The van der Waals surface area contributed by atoms with Crippen LogP contribution in [0.4, 0.5) is 74.6 Å². The zero-order chi connectivity index (χ0) is 36.5. The first-order valence-electron chi connectivity index (χ1n) is 12.6. The SMILES string of the molecule is O=C(c1ccccc1)c1c(F)c(F)c(-c2c(F)c(F)c(F)c(F)c2F)c(-c2c(F)c(F)c(F)c(F)c2F)c1-c1c(F)c(F)c(F)c(F)c1F. The summed E-state index contributed by atoms with van der Waals surface area (Å²) in [6, 6.07) is 4.50. The number of rotatable bonds is 5. The second kappa shape index (κ2) is 12.2. The minimum atomic E-state index is -3.17. The summed E-state index contributed by atoms with van der Waals surface area (Å²) in [4.78, 5) is 13.5. The molecular formula is C31H5F17O. The van der Waals surface area contributed by atoms with Gasteiger partial charge in [-0.15, -0.1) is 0 Å². The lowest BCUT2D eigenvalue weighted by molar-refractivity contribution is 0.103. The van der Waals surface area contributed by atoms with E-state index in [0.717, 1.165) is 18.2 Å². The van der Waals surface area contributed by atoms with Crippen molar-refractivity contribution >= 4 is 5.78 Å². The normalized spacial score (nSPS) is 11.4. The first kappa shape index (κ1) is 34.9. The molecule has 0 atom stereocenters. The number of ketones is 1. The molecule has 0 fully saturated rings. The van der Waals surface area contributed by atoms with Gasteiger partial charge in [-0.1, -0.05) is 30.3 Å². The van der Waals surface area contributed by atoms with Crippen molar-refractivity contribution in [3.05, 3.63) is 140 Å². The number of hydrogen-bond acceptors (Lipinski definition) is 1. The van der Waals surface area contributed by atoms with E-state index in [1.807, 2.05) is 0 Å². The van der Waals surface area contributed by atoms with E-state index in [2.05, 4.69) is 0 Å². The van der Waals surface area contributed by atoms with Gasteiger partial charge in [-0.05, 0) is 0 Å². The maximum absolute atomic E-state index is 16.1. The van der Waals surface area contributed by atoms with E-state index >= 15 is 35.1 Å². The first-order chi connectivity index (χ1) is 22.9. The molecule has 49 heavy (non-hydrogen) atoms. The molecule has 5 aromatic rings. The number of carbonyl (C=O) groups excluding carboxylic acids is 1. The number of halogens is 17. The van der Waals surface area contributed by atoms with Gasteiger partial charge in [0.15, 0.2) is 87.2 Å². The Kier molecular flexibility index (Phi) is 8.71. The van der Waals surface area contributed by atoms with E-state index in [1.165, 1.54) is 0 Å². The third-order valence-corrected chi connectivity index (χ3v) is 7.02. The summed E-state index contributed by atoms with van der Waals surface area (Å²) in [6.07, 6.45) is 0. The van der Waals surface area contributed by atoms with Crippen LogP contribution in [-0.4, -0.2) is 5.78 Å². The molecule has 0 saturated carbocycles. The van der Waals surface area contributed by atoms with Gasteiger partial charge in [-0.25, -0.2) is 74.6 Å². The smallest absolute Gasteiger partial charge is 0.200 e. The average molecular weight is 716 g/mol. The van der Waals surface area contributed by atoms with Gasteiger partial charge in [-0.2, -0.15) is 0 Å². The van der Waals surface area contributed by atoms with Crippen molar-refractivity contribution in [2.24, 2.45) is 0 Å². The van der Waals surface area contributed by atoms with E-state index in [1.54, 1.807) is 0 Å². The van der Waals surface area contributed by atoms with Crippen molar-refractivity contribution in [3.8, 4) is 33.4 Å². The molecule has 0 saturated heterocycles. The largest absolute Gasteiger partial charge is 0.288 e. The maximum Gasteiger partial charge on any atom is 0.200 e. The Balaban J connectivity index is 2.26. The fraction of sp³-hybridized carbons (Fsp3) is 0. The molecule has 1 nitrogen and oxygen atoms in total. The number of carbonyl (C=O) groups is 1. The van der Waals surface area contributed by atoms with Crippen LogP contribution < -0.4 is 0 Å². The summed E-state index contributed by atoms with van der Waals surface area (Å²) >= 11 is 0. The van der Waals surface area contributed by atoms with Crippen LogP contribution in [0.2, 0.25) is 0 Å². The summed E-state index contributed by atoms with van der Waals surface area (Å²) < 4.78 is 253. The van der Waals surface area contributed by atoms with E-state index in [-0.39, 0.29) is 0 Å². The summed E-state index contributed by atoms with van der Waals surface area (Å²) in [6.45, 7) is 0. The topological polar surface area (TPSA) is 17.1 Å². The maximum atomic E-state index is 16.1. The van der Waals surface area contributed by atoms with Crippen LogP contribution in [0.1, 0.15) is 15.9 Å². The molecule has 0 unspecified atom stereocenters. The van der Waals surface area contributed by atoms with Gasteiger partial charge in [0, 0.05) is 22.3 Å². The van der Waals surface area contributed by atoms with E-state index in [4.69, 9.17) is 0 Å². The van der Waals surface area contributed by atoms with Gasteiger partial charge < -0.3 is 0 Å². The van der Waals surface area contributed by atoms with E-state index < -0.39 is 149 Å². The highest BCUT2D eigenvalue weighted by Gasteiger charge is 2.42. The quantitative estimate of drug-likeness (QED) is 0.0766. The average Bonchev–Trinajstić information content (AvgIpc) is 3.09. The summed E-state index contributed by atoms with van der Waals surface area (Å²) in [7, 11) is 0. The molecule has 0 aliphatic carbocycles. The molecule has 0 amide bonds. The summed E-state index contributed by atoms with van der Waals surface area (Å²) in [5.41, 5.74) is -19.6. The lowest BCUT2D eigenvalue weighted by Crippen LogP contribution is -2.17. The number of benzene rings is 5. The second-order valence-corrected chi connectivity index (χ2v) is 9.66. The van der Waals surface area contributed by atoms with Crippen LogP contribution in [0.15, 0.2) is 30.3 Å². The van der Waals surface area contributed by atoms with Gasteiger partial charge in [0.1, 0.15) is 0 Å². The zero-order valence-electron chi connectivity index (χ0n) is 22.7. The van der Waals surface area contributed by atoms with E-state index in [9.17, 15) is 44.3 Å². The molecule has 0 N–H and O–H groups in total. The van der Waals surface area contributed by atoms with Gasteiger partial charge in [0.2, 0.25) is 17.5 Å². The van der Waals surface area contributed by atoms with Gasteiger partial charge in [0.05, 0.1) is 22.3 Å². The highest BCUT2D eigenvalue weighted by atomic mass is 19.2. The Bertz CT molecular complexity index is 2180. The Morgan fingerprint density at radius 1 is 0.286 bits per heavy atom. The predicted molar refractivity (Wildman–Crippen MR) is 132 cm³/mol. The van der Waals surface area contributed by atoms with Crippen LogP contribution in [-0.2, 0) is 0 Å². The molecule has 0 bridgehead atoms. The molecule has 0 radical (unpaired) electrons. The zero-order valence-corrected chi connectivity index (χ0v) is 22.7. The van der Waals surface area contributed by atoms with Crippen molar-refractivity contribution in [1.29, 1.82) is 0 Å². The van der Waals surface area contributed by atoms with Crippen LogP contribution in [0.3, 0.4) is 0 Å². The molecule has 0 aromatic heterocycles. The standard InChI is InChI=1S/C31H5F17O/c32-14-9(12-19(37)26(44)30(48)27(45)20(12)38)7(10-15(33)22(40)28(46)23(41)16(10)34)8(11-17(35)24(42)29(47)25(43)18(11)36)13(21(14)39)31(49)6-4-2-1-3-5-6/h1-5H. The van der Waals surface area contributed by atoms with Gasteiger partial charge in [0.25, 0.3) is 0 Å². The molecule has 0 aliphatic rings. The lowest BCUT2D eigenvalue weighted by Gasteiger charge is -2.24. The highest BCUT2D eigenvalue weighted by molar-refractivity contribution is 6.16. The third kappa shape index (κ3) is 4.99. The summed E-state index contributed by atoms with van der Waals surface area (Å²) in [5.74, 6) is -54.7. The van der Waals surface area contributed by atoms with Crippen molar-refractivity contribution in [3.63, 3.8) is 0 Å². The molecule has 254 valence electrons. The predicted octanol–water partition coefficient (Wildman–Crippen LogP) is 10.3. The van der Waals surface area contributed by atoms with Crippen molar-refractivity contribution in [2.45, 2.75) is 0 Å².